The number of likely N-dealkylation sites (tertiary alicyclic amines) is 1. The molecular weight excluding hydrogens is 312 g/mol. The Balaban J connectivity index is 1.51. The van der Waals surface area contributed by atoms with E-state index in [0.717, 1.165) is 32.1 Å². The Morgan fingerprint density at radius 2 is 1.92 bits per heavy atom. The minimum atomic E-state index is 0.661. The Hall–Kier alpha value is -1.98. The molecule has 2 aromatic rings. The number of ether oxygens (including phenoxy) is 1. The zero-order chi connectivity index (χ0) is 17.5. The number of aromatic nitrogens is 3. The van der Waals surface area contributed by atoms with E-state index in [9.17, 15) is 0 Å². The van der Waals surface area contributed by atoms with E-state index in [1.807, 2.05) is 12.7 Å². The molecule has 0 amide bonds. The Bertz CT molecular complexity index is 673. The third-order valence-corrected chi connectivity index (χ3v) is 4.87. The number of methoxy groups -OCH3 is 1. The molecule has 1 aromatic heterocycles. The van der Waals surface area contributed by atoms with E-state index in [2.05, 4.69) is 56.9 Å². The van der Waals surface area contributed by atoms with Crippen LogP contribution in [0.5, 0.6) is 0 Å². The molecule has 1 aliphatic heterocycles. The van der Waals surface area contributed by atoms with Crippen LogP contribution in [-0.4, -0.2) is 46.4 Å². The van der Waals surface area contributed by atoms with Crippen LogP contribution in [0.15, 0.2) is 42.5 Å². The van der Waals surface area contributed by atoms with Crippen molar-refractivity contribution in [1.82, 2.24) is 19.7 Å². The summed E-state index contributed by atoms with van der Waals surface area (Å²) in [5, 5.41) is 7.78. The van der Waals surface area contributed by atoms with E-state index < -0.39 is 0 Å². The Labute approximate surface area is 150 Å². The highest BCUT2D eigenvalue weighted by molar-refractivity contribution is 5.56. The molecular formula is C20H28N4O. The summed E-state index contributed by atoms with van der Waals surface area (Å²) in [6.45, 7) is 7.30. The van der Waals surface area contributed by atoms with Crippen LogP contribution in [0.25, 0.3) is 6.08 Å². The maximum Gasteiger partial charge on any atom is 0.119 e. The first-order valence-electron chi connectivity index (χ1n) is 9.03. The van der Waals surface area contributed by atoms with Crippen molar-refractivity contribution in [3.63, 3.8) is 0 Å². The van der Waals surface area contributed by atoms with Gasteiger partial charge in [-0.2, -0.15) is 0 Å². The second-order valence-electron chi connectivity index (χ2n) is 7.00. The van der Waals surface area contributed by atoms with Crippen LogP contribution >= 0.6 is 0 Å². The van der Waals surface area contributed by atoms with Gasteiger partial charge in [0, 0.05) is 20.2 Å². The first kappa shape index (κ1) is 17.8. The molecule has 2 heterocycles. The normalized spacial score (nSPS) is 17.1. The van der Waals surface area contributed by atoms with E-state index in [-0.39, 0.29) is 0 Å². The van der Waals surface area contributed by atoms with Gasteiger partial charge in [-0.15, -0.1) is 10.2 Å². The molecule has 0 saturated carbocycles. The maximum atomic E-state index is 5.30. The zero-order valence-electron chi connectivity index (χ0n) is 15.3. The third-order valence-electron chi connectivity index (χ3n) is 4.87. The van der Waals surface area contributed by atoms with Crippen LogP contribution in [0.1, 0.15) is 30.9 Å². The van der Waals surface area contributed by atoms with E-state index in [1.54, 1.807) is 7.11 Å². The van der Waals surface area contributed by atoms with Gasteiger partial charge in [0.2, 0.25) is 0 Å². The van der Waals surface area contributed by atoms with E-state index in [1.165, 1.54) is 29.5 Å². The predicted octanol–water partition coefficient (Wildman–Crippen LogP) is 3.24. The van der Waals surface area contributed by atoms with Crippen LogP contribution < -0.4 is 0 Å². The van der Waals surface area contributed by atoms with Crippen molar-refractivity contribution in [2.24, 2.45) is 5.92 Å². The van der Waals surface area contributed by atoms with Gasteiger partial charge >= 0.3 is 0 Å². The third kappa shape index (κ3) is 5.25. The highest BCUT2D eigenvalue weighted by Crippen LogP contribution is 2.21. The number of benzene rings is 1. The lowest BCUT2D eigenvalue weighted by Crippen LogP contribution is -2.35. The fourth-order valence-electron chi connectivity index (χ4n) is 3.57. The molecule has 0 spiro atoms. The minimum Gasteiger partial charge on any atom is -0.380 e. The second kappa shape index (κ2) is 8.92. The molecule has 0 radical (unpaired) electrons. The van der Waals surface area contributed by atoms with E-state index in [0.29, 0.717) is 6.61 Å². The second-order valence-corrected chi connectivity index (χ2v) is 7.00. The maximum absolute atomic E-state index is 5.30. The largest absolute Gasteiger partial charge is 0.380 e. The summed E-state index contributed by atoms with van der Waals surface area (Å²) in [4.78, 5) is 2.56. The predicted molar refractivity (Wildman–Crippen MR) is 100.0 cm³/mol. The van der Waals surface area contributed by atoms with Crippen LogP contribution in [-0.2, 0) is 17.9 Å². The lowest BCUT2D eigenvalue weighted by molar-refractivity contribution is 0.184. The Morgan fingerprint density at radius 1 is 1.20 bits per heavy atom. The average molecular weight is 340 g/mol. The van der Waals surface area contributed by atoms with E-state index in [4.69, 9.17) is 4.74 Å². The first-order chi connectivity index (χ1) is 12.2. The molecule has 5 heteroatoms. The number of rotatable bonds is 7. The monoisotopic (exact) mass is 340 g/mol. The van der Waals surface area contributed by atoms with Crippen LogP contribution in [0.2, 0.25) is 0 Å². The standard InChI is InChI=1S/C20H28N4O/c1-17(11-19-5-3-4-6-20(19)14-25-2)12-23-9-7-18(8-10-23)13-24-15-21-22-16-24/h3-6,11,15-16,18H,7-10,12-14H2,1-2H3/b17-11+. The lowest BCUT2D eigenvalue weighted by atomic mass is 9.96. The first-order valence-corrected chi connectivity index (χ1v) is 9.03. The van der Waals surface area contributed by atoms with Gasteiger partial charge in [0.15, 0.2) is 0 Å². The van der Waals surface area contributed by atoms with Crippen LogP contribution in [0, 0.1) is 5.92 Å². The van der Waals surface area contributed by atoms with Crippen molar-refractivity contribution in [2.75, 3.05) is 26.7 Å². The van der Waals surface area contributed by atoms with Gasteiger partial charge in [-0.3, -0.25) is 4.90 Å². The molecule has 5 nitrogen and oxygen atoms in total. The molecule has 0 atom stereocenters. The summed E-state index contributed by atoms with van der Waals surface area (Å²) in [6, 6.07) is 8.47. The molecule has 0 aliphatic carbocycles. The topological polar surface area (TPSA) is 43.2 Å². The van der Waals surface area contributed by atoms with Gasteiger partial charge in [0.25, 0.3) is 0 Å². The Kier molecular flexibility index (Phi) is 6.36. The highest BCUT2D eigenvalue weighted by atomic mass is 16.5. The van der Waals surface area contributed by atoms with Crippen molar-refractivity contribution < 1.29 is 4.74 Å². The van der Waals surface area contributed by atoms with Crippen molar-refractivity contribution >= 4 is 6.08 Å². The number of hydrogen-bond acceptors (Lipinski definition) is 4. The SMILES string of the molecule is COCc1ccccc1/C=C(\C)CN1CCC(Cn2cnnc2)CC1. The summed E-state index contributed by atoms with van der Waals surface area (Å²) in [5.74, 6) is 0.735. The van der Waals surface area contributed by atoms with Gasteiger partial charge in [-0.05, 0) is 49.9 Å². The van der Waals surface area contributed by atoms with Crippen molar-refractivity contribution in [1.29, 1.82) is 0 Å². The highest BCUT2D eigenvalue weighted by Gasteiger charge is 2.19. The van der Waals surface area contributed by atoms with Crippen LogP contribution in [0.3, 0.4) is 0 Å². The van der Waals surface area contributed by atoms with Gasteiger partial charge in [-0.1, -0.05) is 35.9 Å². The molecule has 1 aliphatic rings. The summed E-state index contributed by atoms with van der Waals surface area (Å²) in [6.07, 6.45) is 8.42. The van der Waals surface area contributed by atoms with E-state index >= 15 is 0 Å². The lowest BCUT2D eigenvalue weighted by Gasteiger charge is -2.32. The zero-order valence-corrected chi connectivity index (χ0v) is 15.3. The Morgan fingerprint density at radius 3 is 2.64 bits per heavy atom. The fraction of sp³-hybridized carbons (Fsp3) is 0.500. The molecule has 0 bridgehead atoms. The molecule has 3 rings (SSSR count). The number of piperidine rings is 1. The summed E-state index contributed by atoms with van der Waals surface area (Å²) >= 11 is 0. The van der Waals surface area contributed by atoms with Gasteiger partial charge < -0.3 is 9.30 Å². The molecule has 25 heavy (non-hydrogen) atoms. The summed E-state index contributed by atoms with van der Waals surface area (Å²) < 4.78 is 7.40. The summed E-state index contributed by atoms with van der Waals surface area (Å²) in [5.41, 5.74) is 3.92. The van der Waals surface area contributed by atoms with Gasteiger partial charge in [0.05, 0.1) is 6.61 Å². The number of nitrogens with zero attached hydrogens (tertiary/aromatic N) is 4. The average Bonchev–Trinajstić information content (AvgIpc) is 3.12. The minimum absolute atomic E-state index is 0.661. The van der Waals surface area contributed by atoms with Gasteiger partial charge in [-0.25, -0.2) is 0 Å². The van der Waals surface area contributed by atoms with Crippen LogP contribution in [0.4, 0.5) is 0 Å². The van der Waals surface area contributed by atoms with Crippen molar-refractivity contribution in [3.05, 3.63) is 53.6 Å². The van der Waals surface area contributed by atoms with Gasteiger partial charge in [0.1, 0.15) is 12.7 Å². The van der Waals surface area contributed by atoms with Crippen molar-refractivity contribution in [3.8, 4) is 0 Å². The molecule has 0 N–H and O–H groups in total. The molecule has 1 saturated heterocycles. The molecule has 1 aromatic carbocycles. The molecule has 134 valence electrons. The molecule has 1 fully saturated rings. The van der Waals surface area contributed by atoms with Crippen molar-refractivity contribution in [2.45, 2.75) is 32.9 Å². The quantitative estimate of drug-likeness (QED) is 0.776. The number of hydrogen-bond donors (Lipinski definition) is 0. The fourth-order valence-corrected chi connectivity index (χ4v) is 3.57. The molecule has 0 unspecified atom stereocenters. The summed E-state index contributed by atoms with van der Waals surface area (Å²) in [7, 11) is 1.75. The smallest absolute Gasteiger partial charge is 0.119 e.